The molecule has 116 valence electrons. The fourth-order valence-electron chi connectivity index (χ4n) is 2.48. The van der Waals surface area contributed by atoms with Gasteiger partial charge < -0.3 is 10.6 Å². The van der Waals surface area contributed by atoms with Crippen LogP contribution in [0.15, 0.2) is 47.1 Å². The molecule has 1 amide bonds. The molecule has 2 heterocycles. The van der Waals surface area contributed by atoms with Gasteiger partial charge in [0.05, 0.1) is 0 Å². The van der Waals surface area contributed by atoms with Crippen LogP contribution in [0.2, 0.25) is 0 Å². The Labute approximate surface area is 144 Å². The highest BCUT2D eigenvalue weighted by Crippen LogP contribution is 2.23. The fraction of sp³-hybridized carbons (Fsp3) is 0.250. The van der Waals surface area contributed by atoms with Crippen LogP contribution in [0, 0.1) is 0 Å². The van der Waals surface area contributed by atoms with Crippen LogP contribution in [0.1, 0.15) is 28.4 Å². The monoisotopic (exact) mass is 381 g/mol. The van der Waals surface area contributed by atoms with E-state index in [1.807, 2.05) is 12.1 Å². The lowest BCUT2D eigenvalue weighted by Crippen LogP contribution is -2.13. The van der Waals surface area contributed by atoms with Crippen LogP contribution in [0.3, 0.4) is 0 Å². The molecule has 0 unspecified atom stereocenters. The Balaban J connectivity index is 0.00000176. The summed E-state index contributed by atoms with van der Waals surface area (Å²) >= 11 is 3.30. The number of benzene rings is 1. The summed E-state index contributed by atoms with van der Waals surface area (Å²) in [5.41, 5.74) is 2.52. The van der Waals surface area contributed by atoms with Crippen LogP contribution in [-0.2, 0) is 0 Å². The van der Waals surface area contributed by atoms with E-state index in [0.29, 0.717) is 11.6 Å². The Bertz CT molecular complexity index is 625. The molecule has 0 spiro atoms. The summed E-state index contributed by atoms with van der Waals surface area (Å²) in [6.45, 7) is 2.12. The highest BCUT2D eigenvalue weighted by Gasteiger charge is 2.16. The number of carbonyl (C=O) groups is 1. The molecule has 1 aliphatic rings. The number of hydrogen-bond donors (Lipinski definition) is 2. The SMILES string of the molecule is Cl.O=C(Nc1ccc([C@H]2CCNC2)cc1)c1ccc(Br)cn1. The molecule has 1 saturated heterocycles. The molecular formula is C16H17BrClN3O. The van der Waals surface area contributed by atoms with Crippen LogP contribution in [0.4, 0.5) is 5.69 Å². The molecule has 1 aliphatic heterocycles. The van der Waals surface area contributed by atoms with Crippen LogP contribution in [-0.4, -0.2) is 24.0 Å². The number of aromatic nitrogens is 1. The first kappa shape index (κ1) is 16.9. The highest BCUT2D eigenvalue weighted by atomic mass is 79.9. The maximum Gasteiger partial charge on any atom is 0.274 e. The topological polar surface area (TPSA) is 54.0 Å². The fourth-order valence-corrected chi connectivity index (χ4v) is 2.72. The largest absolute Gasteiger partial charge is 0.321 e. The second-order valence-electron chi connectivity index (χ2n) is 5.13. The number of rotatable bonds is 3. The van der Waals surface area contributed by atoms with E-state index in [9.17, 15) is 4.79 Å². The van der Waals surface area contributed by atoms with Gasteiger partial charge in [-0.3, -0.25) is 4.79 Å². The number of pyridine rings is 1. The lowest BCUT2D eigenvalue weighted by molar-refractivity contribution is 0.102. The summed E-state index contributed by atoms with van der Waals surface area (Å²) in [5, 5.41) is 6.22. The van der Waals surface area contributed by atoms with Crippen molar-refractivity contribution in [2.24, 2.45) is 0 Å². The van der Waals surface area contributed by atoms with E-state index in [1.54, 1.807) is 18.3 Å². The zero-order valence-electron chi connectivity index (χ0n) is 11.9. The van der Waals surface area contributed by atoms with Gasteiger partial charge in [-0.25, -0.2) is 4.98 Å². The van der Waals surface area contributed by atoms with Gasteiger partial charge in [0.25, 0.3) is 5.91 Å². The third-order valence-electron chi connectivity index (χ3n) is 3.66. The van der Waals surface area contributed by atoms with Crippen LogP contribution in [0.5, 0.6) is 0 Å². The second kappa shape index (κ2) is 7.72. The van der Waals surface area contributed by atoms with Crippen molar-refractivity contribution in [3.63, 3.8) is 0 Å². The first-order chi connectivity index (χ1) is 10.2. The van der Waals surface area contributed by atoms with Crippen molar-refractivity contribution in [3.8, 4) is 0 Å². The van der Waals surface area contributed by atoms with Crippen LogP contribution in [0.25, 0.3) is 0 Å². The lowest BCUT2D eigenvalue weighted by Gasteiger charge is -2.10. The first-order valence-electron chi connectivity index (χ1n) is 6.96. The third-order valence-corrected chi connectivity index (χ3v) is 4.13. The predicted molar refractivity (Wildman–Crippen MR) is 93.8 cm³/mol. The molecule has 0 saturated carbocycles. The number of halogens is 2. The maximum atomic E-state index is 12.1. The number of hydrogen-bond acceptors (Lipinski definition) is 3. The van der Waals surface area contributed by atoms with Crippen molar-refractivity contribution >= 4 is 39.9 Å². The van der Waals surface area contributed by atoms with E-state index in [1.165, 1.54) is 12.0 Å². The summed E-state index contributed by atoms with van der Waals surface area (Å²) in [6, 6.07) is 11.6. The van der Waals surface area contributed by atoms with E-state index >= 15 is 0 Å². The Morgan fingerprint density at radius 1 is 1.23 bits per heavy atom. The summed E-state index contributed by atoms with van der Waals surface area (Å²) in [7, 11) is 0. The van der Waals surface area contributed by atoms with Gasteiger partial charge >= 0.3 is 0 Å². The molecule has 2 N–H and O–H groups in total. The molecule has 1 aromatic heterocycles. The summed E-state index contributed by atoms with van der Waals surface area (Å²) in [6.07, 6.45) is 2.79. The molecule has 0 bridgehead atoms. The predicted octanol–water partition coefficient (Wildman–Crippen LogP) is 3.60. The zero-order chi connectivity index (χ0) is 14.7. The number of anilines is 1. The number of nitrogens with zero attached hydrogens (tertiary/aromatic N) is 1. The quantitative estimate of drug-likeness (QED) is 0.853. The van der Waals surface area contributed by atoms with E-state index in [4.69, 9.17) is 0 Å². The van der Waals surface area contributed by atoms with Crippen molar-refractivity contribution in [1.29, 1.82) is 0 Å². The van der Waals surface area contributed by atoms with Gasteiger partial charge in [0, 0.05) is 22.9 Å². The molecule has 1 aromatic carbocycles. The summed E-state index contributed by atoms with van der Waals surface area (Å²) in [5.74, 6) is 0.390. The Morgan fingerprint density at radius 3 is 2.59 bits per heavy atom. The normalized spacial score (nSPS) is 16.9. The average Bonchev–Trinajstić information content (AvgIpc) is 3.03. The second-order valence-corrected chi connectivity index (χ2v) is 6.04. The number of amides is 1. The van der Waals surface area contributed by atoms with Crippen molar-refractivity contribution in [2.45, 2.75) is 12.3 Å². The lowest BCUT2D eigenvalue weighted by atomic mass is 9.98. The number of carbonyl (C=O) groups excluding carboxylic acids is 1. The molecule has 22 heavy (non-hydrogen) atoms. The average molecular weight is 383 g/mol. The summed E-state index contributed by atoms with van der Waals surface area (Å²) < 4.78 is 0.855. The minimum atomic E-state index is -0.196. The van der Waals surface area contributed by atoms with Gasteiger partial charge in [-0.1, -0.05) is 12.1 Å². The van der Waals surface area contributed by atoms with E-state index < -0.39 is 0 Å². The van der Waals surface area contributed by atoms with Crippen molar-refractivity contribution in [2.75, 3.05) is 18.4 Å². The van der Waals surface area contributed by atoms with Gasteiger partial charge in [0.15, 0.2) is 0 Å². The zero-order valence-corrected chi connectivity index (χ0v) is 14.3. The van der Waals surface area contributed by atoms with Gasteiger partial charge in [0.1, 0.15) is 5.69 Å². The Kier molecular flexibility index (Phi) is 5.94. The Morgan fingerprint density at radius 2 is 2.00 bits per heavy atom. The minimum Gasteiger partial charge on any atom is -0.321 e. The summed E-state index contributed by atoms with van der Waals surface area (Å²) in [4.78, 5) is 16.2. The van der Waals surface area contributed by atoms with Crippen molar-refractivity contribution in [3.05, 3.63) is 58.3 Å². The van der Waals surface area contributed by atoms with E-state index in [2.05, 4.69) is 43.7 Å². The van der Waals surface area contributed by atoms with Gasteiger partial charge in [-0.15, -0.1) is 12.4 Å². The van der Waals surface area contributed by atoms with Crippen LogP contribution >= 0.6 is 28.3 Å². The van der Waals surface area contributed by atoms with Gasteiger partial charge in [-0.2, -0.15) is 0 Å². The number of nitrogens with one attached hydrogen (secondary N) is 2. The van der Waals surface area contributed by atoms with Crippen LogP contribution < -0.4 is 10.6 Å². The first-order valence-corrected chi connectivity index (χ1v) is 7.75. The smallest absolute Gasteiger partial charge is 0.274 e. The van der Waals surface area contributed by atoms with E-state index in [-0.39, 0.29) is 18.3 Å². The molecule has 1 fully saturated rings. The van der Waals surface area contributed by atoms with Crippen molar-refractivity contribution in [1.82, 2.24) is 10.3 Å². The molecule has 1 atom stereocenters. The molecule has 3 rings (SSSR count). The van der Waals surface area contributed by atoms with Gasteiger partial charge in [-0.05, 0) is 64.6 Å². The highest BCUT2D eigenvalue weighted by molar-refractivity contribution is 9.10. The van der Waals surface area contributed by atoms with E-state index in [0.717, 1.165) is 23.2 Å². The van der Waals surface area contributed by atoms with Gasteiger partial charge in [0.2, 0.25) is 0 Å². The van der Waals surface area contributed by atoms with Crippen molar-refractivity contribution < 1.29 is 4.79 Å². The molecular weight excluding hydrogens is 366 g/mol. The molecule has 0 aliphatic carbocycles. The molecule has 4 nitrogen and oxygen atoms in total. The third kappa shape index (κ3) is 4.06. The molecule has 2 aromatic rings. The molecule has 6 heteroatoms. The maximum absolute atomic E-state index is 12.1. The Hall–Kier alpha value is -1.43. The molecule has 0 radical (unpaired) electrons. The standard InChI is InChI=1S/C16H16BrN3O.ClH/c17-13-3-6-15(19-10-13)16(21)20-14-4-1-11(2-5-14)12-7-8-18-9-12;/h1-6,10,12,18H,7-9H2,(H,20,21);1H/t12-;/m0./s1. The minimum absolute atomic E-state index is 0.